The molecule has 0 aliphatic heterocycles. The van der Waals surface area contributed by atoms with Gasteiger partial charge in [-0.15, -0.1) is 0 Å². The zero-order valence-corrected chi connectivity index (χ0v) is 16.9. The molecule has 1 amide bonds. The minimum absolute atomic E-state index is 0.0171. The monoisotopic (exact) mass is 438 g/mol. The lowest BCUT2D eigenvalue weighted by molar-refractivity contribution is 0.0696. The number of sulfonamides is 1. The molecule has 0 saturated heterocycles. The van der Waals surface area contributed by atoms with E-state index in [0.717, 1.165) is 40.5 Å². The number of carbonyl (C=O) groups excluding carboxylic acids is 1. The van der Waals surface area contributed by atoms with E-state index in [2.05, 4.69) is 5.32 Å². The van der Waals surface area contributed by atoms with E-state index in [-0.39, 0.29) is 23.8 Å². The number of primary sulfonamides is 1. The average molecular weight is 438 g/mol. The van der Waals surface area contributed by atoms with Gasteiger partial charge in [0.2, 0.25) is 10.0 Å². The lowest BCUT2D eigenvalue weighted by atomic mass is 9.98. The Bertz CT molecular complexity index is 1260. The van der Waals surface area contributed by atoms with Gasteiger partial charge < -0.3 is 9.84 Å². The highest BCUT2D eigenvalue weighted by molar-refractivity contribution is 7.89. The van der Waals surface area contributed by atoms with Gasteiger partial charge in [0, 0.05) is 5.92 Å². The largest absolute Gasteiger partial charge is 0.478 e. The number of aromatic carboxylic acids is 1. The summed E-state index contributed by atoms with van der Waals surface area (Å²) in [6.07, 6.45) is -0.922. The van der Waals surface area contributed by atoms with Crippen molar-refractivity contribution in [2.75, 3.05) is 11.9 Å². The molecular formula is C22H18N2O6S. The number of hydrogen-bond acceptors (Lipinski definition) is 5. The molecule has 158 valence electrons. The van der Waals surface area contributed by atoms with Crippen molar-refractivity contribution < 1.29 is 27.9 Å². The second-order valence-electron chi connectivity index (χ2n) is 7.01. The van der Waals surface area contributed by atoms with Crippen LogP contribution in [-0.2, 0) is 14.8 Å². The maximum atomic E-state index is 12.4. The number of anilines is 1. The molecule has 0 aromatic heterocycles. The van der Waals surface area contributed by atoms with Gasteiger partial charge >= 0.3 is 12.1 Å². The molecule has 3 aromatic rings. The summed E-state index contributed by atoms with van der Waals surface area (Å²) in [7, 11) is -4.20. The van der Waals surface area contributed by atoms with E-state index in [0.29, 0.717) is 0 Å². The van der Waals surface area contributed by atoms with Crippen LogP contribution in [-0.4, -0.2) is 32.2 Å². The minimum Gasteiger partial charge on any atom is -0.478 e. The molecule has 9 heteroatoms. The van der Waals surface area contributed by atoms with Gasteiger partial charge in [-0.05, 0) is 40.5 Å². The lowest BCUT2D eigenvalue weighted by Crippen LogP contribution is -2.21. The molecule has 0 atom stereocenters. The van der Waals surface area contributed by atoms with Crippen molar-refractivity contribution in [1.29, 1.82) is 0 Å². The molecule has 0 radical (unpaired) electrons. The second kappa shape index (κ2) is 7.86. The molecule has 8 nitrogen and oxygen atoms in total. The molecule has 0 saturated carbocycles. The molecule has 0 heterocycles. The van der Waals surface area contributed by atoms with Gasteiger partial charge in [-0.2, -0.15) is 0 Å². The van der Waals surface area contributed by atoms with Crippen LogP contribution in [0.1, 0.15) is 27.4 Å². The molecular weight excluding hydrogens is 420 g/mol. The van der Waals surface area contributed by atoms with E-state index in [1.54, 1.807) is 0 Å². The van der Waals surface area contributed by atoms with Crippen molar-refractivity contribution in [1.82, 2.24) is 0 Å². The van der Waals surface area contributed by atoms with Gasteiger partial charge in [0.05, 0.1) is 11.3 Å². The smallest absolute Gasteiger partial charge is 0.411 e. The molecule has 0 spiro atoms. The van der Waals surface area contributed by atoms with E-state index in [1.807, 2.05) is 48.5 Å². The van der Waals surface area contributed by atoms with Crippen molar-refractivity contribution in [3.63, 3.8) is 0 Å². The number of fused-ring (bicyclic) bond motifs is 3. The van der Waals surface area contributed by atoms with Crippen LogP contribution in [0.3, 0.4) is 0 Å². The van der Waals surface area contributed by atoms with Gasteiger partial charge in [0.15, 0.2) is 0 Å². The number of benzene rings is 3. The predicted octanol–water partition coefficient (Wildman–Crippen LogP) is 3.39. The quantitative estimate of drug-likeness (QED) is 0.559. The van der Waals surface area contributed by atoms with E-state index >= 15 is 0 Å². The van der Waals surface area contributed by atoms with E-state index < -0.39 is 27.0 Å². The highest BCUT2D eigenvalue weighted by Gasteiger charge is 2.29. The maximum Gasteiger partial charge on any atom is 0.411 e. The normalized spacial score (nSPS) is 12.7. The van der Waals surface area contributed by atoms with Crippen LogP contribution >= 0.6 is 0 Å². The number of carboxylic acid groups (broad SMARTS) is 1. The summed E-state index contributed by atoms with van der Waals surface area (Å²) in [6.45, 7) is 0.0171. The van der Waals surface area contributed by atoms with E-state index in [4.69, 9.17) is 15.0 Å². The number of carbonyl (C=O) groups is 2. The van der Waals surface area contributed by atoms with Crippen LogP contribution in [0.5, 0.6) is 0 Å². The lowest BCUT2D eigenvalue weighted by Gasteiger charge is -2.15. The SMILES string of the molecule is NS(=O)(=O)c1ccc(C(=O)O)cc1NC(=O)OCC1c2ccccc2-c2ccccc21. The first-order valence-electron chi connectivity index (χ1n) is 9.28. The number of nitrogens with two attached hydrogens (primary N) is 1. The van der Waals surface area contributed by atoms with Gasteiger partial charge in [-0.1, -0.05) is 48.5 Å². The first kappa shape index (κ1) is 20.6. The van der Waals surface area contributed by atoms with Crippen molar-refractivity contribution in [2.24, 2.45) is 5.14 Å². The Morgan fingerprint density at radius 1 is 0.968 bits per heavy atom. The molecule has 1 aliphatic carbocycles. The average Bonchev–Trinajstić information content (AvgIpc) is 3.05. The fourth-order valence-corrected chi connectivity index (χ4v) is 4.43. The Kier molecular flexibility index (Phi) is 5.22. The zero-order valence-electron chi connectivity index (χ0n) is 16.1. The molecule has 0 unspecified atom stereocenters. The van der Waals surface area contributed by atoms with Crippen LogP contribution in [0.15, 0.2) is 71.6 Å². The number of carboxylic acids is 1. The predicted molar refractivity (Wildman–Crippen MR) is 113 cm³/mol. The zero-order chi connectivity index (χ0) is 22.2. The van der Waals surface area contributed by atoms with Gasteiger partial charge in [0.1, 0.15) is 11.5 Å². The third kappa shape index (κ3) is 4.00. The summed E-state index contributed by atoms with van der Waals surface area (Å²) in [5, 5.41) is 16.6. The highest BCUT2D eigenvalue weighted by Crippen LogP contribution is 2.44. The van der Waals surface area contributed by atoms with Gasteiger partial charge in [-0.3, -0.25) is 5.32 Å². The Morgan fingerprint density at radius 3 is 2.10 bits per heavy atom. The van der Waals surface area contributed by atoms with Gasteiger partial charge in [-0.25, -0.2) is 23.1 Å². The number of nitrogens with one attached hydrogen (secondary N) is 1. The van der Waals surface area contributed by atoms with Crippen LogP contribution < -0.4 is 10.5 Å². The number of hydrogen-bond donors (Lipinski definition) is 3. The van der Waals surface area contributed by atoms with Crippen molar-refractivity contribution in [3.05, 3.63) is 83.4 Å². The summed E-state index contributed by atoms with van der Waals surface area (Å²) in [6, 6.07) is 18.8. The molecule has 0 bridgehead atoms. The molecule has 3 aromatic carbocycles. The molecule has 1 aliphatic rings. The third-order valence-corrected chi connectivity index (χ3v) is 6.08. The van der Waals surface area contributed by atoms with Crippen LogP contribution in [0.25, 0.3) is 11.1 Å². The van der Waals surface area contributed by atoms with E-state index in [9.17, 15) is 18.0 Å². The van der Waals surface area contributed by atoms with Gasteiger partial charge in [0.25, 0.3) is 0 Å². The van der Waals surface area contributed by atoms with E-state index in [1.165, 1.54) is 0 Å². The molecule has 4 N–H and O–H groups in total. The Morgan fingerprint density at radius 2 is 1.55 bits per heavy atom. The maximum absolute atomic E-state index is 12.4. The summed E-state index contributed by atoms with van der Waals surface area (Å²) in [4.78, 5) is 23.2. The summed E-state index contributed by atoms with van der Waals surface area (Å²) < 4.78 is 29.0. The topological polar surface area (TPSA) is 136 Å². The summed E-state index contributed by atoms with van der Waals surface area (Å²) >= 11 is 0. The van der Waals surface area contributed by atoms with Crippen molar-refractivity contribution in [3.8, 4) is 11.1 Å². The molecule has 31 heavy (non-hydrogen) atoms. The van der Waals surface area contributed by atoms with Crippen molar-refractivity contribution >= 4 is 27.8 Å². The minimum atomic E-state index is -4.20. The summed E-state index contributed by atoms with van der Waals surface area (Å²) in [5.41, 5.74) is 3.71. The number of ether oxygens (including phenoxy) is 1. The fourth-order valence-electron chi connectivity index (χ4n) is 3.75. The third-order valence-electron chi connectivity index (χ3n) is 5.11. The van der Waals surface area contributed by atoms with Crippen LogP contribution in [0.4, 0.5) is 10.5 Å². The Balaban J connectivity index is 1.56. The standard InChI is InChI=1S/C22H18N2O6S/c23-31(28,29)20-10-9-13(21(25)26)11-19(20)24-22(27)30-12-18-16-7-3-1-5-14(16)15-6-2-4-8-17(15)18/h1-11,18H,12H2,(H,24,27)(H,25,26)(H2,23,28,29). The summed E-state index contributed by atoms with van der Waals surface area (Å²) in [5.74, 6) is -1.46. The molecule has 0 fully saturated rings. The molecule has 4 rings (SSSR count). The van der Waals surface area contributed by atoms with Crippen molar-refractivity contribution in [2.45, 2.75) is 10.8 Å². The van der Waals surface area contributed by atoms with Crippen LogP contribution in [0.2, 0.25) is 0 Å². The number of rotatable bonds is 5. The first-order chi connectivity index (χ1) is 14.8. The second-order valence-corrected chi connectivity index (χ2v) is 8.54. The number of amides is 1. The Hall–Kier alpha value is -3.69. The van der Waals surface area contributed by atoms with Crippen LogP contribution in [0, 0.1) is 0 Å². The first-order valence-corrected chi connectivity index (χ1v) is 10.8. The highest BCUT2D eigenvalue weighted by atomic mass is 32.2. The fraction of sp³-hybridized carbons (Fsp3) is 0.0909. The Labute approximate surface area is 178 Å².